The normalized spacial score (nSPS) is 11.5. The minimum absolute atomic E-state index is 0.334. The van der Waals surface area contributed by atoms with Crippen molar-refractivity contribution in [1.82, 2.24) is 9.78 Å². The maximum Gasteiger partial charge on any atom is 0.176 e. The molecule has 0 aliphatic rings. The highest BCUT2D eigenvalue weighted by atomic mass is 79.9. The minimum Gasteiger partial charge on any atom is -0.390 e. The van der Waals surface area contributed by atoms with Gasteiger partial charge in [0.05, 0.1) is 28.9 Å². The molecule has 0 fully saturated rings. The zero-order chi connectivity index (χ0) is 13.1. The Labute approximate surface area is 109 Å². The molecule has 0 amide bonds. The van der Waals surface area contributed by atoms with Crippen LogP contribution in [0.4, 0.5) is 0 Å². The Kier molecular flexibility index (Phi) is 4.69. The van der Waals surface area contributed by atoms with Crippen LogP contribution in [0.15, 0.2) is 4.47 Å². The molecule has 1 rings (SSSR count). The molecule has 0 atom stereocenters. The molecule has 17 heavy (non-hydrogen) atoms. The molecule has 0 saturated heterocycles. The Bertz CT molecular complexity index is 429. The number of rotatable bonds is 5. The molecule has 0 radical (unpaired) electrons. The number of nitrogens with zero attached hydrogens (tertiary/aromatic N) is 3. The van der Waals surface area contributed by atoms with E-state index < -0.39 is 5.60 Å². The highest BCUT2D eigenvalue weighted by Gasteiger charge is 2.22. The molecular formula is C11H16BrN3O2. The highest BCUT2D eigenvalue weighted by molar-refractivity contribution is 9.10. The van der Waals surface area contributed by atoms with Gasteiger partial charge < -0.3 is 9.84 Å². The lowest BCUT2D eigenvalue weighted by molar-refractivity contribution is 0.0777. The lowest BCUT2D eigenvalue weighted by Crippen LogP contribution is -2.24. The van der Waals surface area contributed by atoms with Crippen LogP contribution in [-0.4, -0.2) is 34.2 Å². The van der Waals surface area contributed by atoms with Gasteiger partial charge >= 0.3 is 0 Å². The second kappa shape index (κ2) is 5.63. The Morgan fingerprint density at radius 1 is 1.59 bits per heavy atom. The standard InChI is InChI=1S/C11H16BrN3O2/c1-11(2,16)6-9-10(12)8(7-13)14-15(9)4-5-17-3/h16H,4-6H2,1-3H3. The summed E-state index contributed by atoms with van der Waals surface area (Å²) in [7, 11) is 1.61. The first kappa shape index (κ1) is 14.2. The van der Waals surface area contributed by atoms with Gasteiger partial charge in [-0.25, -0.2) is 0 Å². The molecule has 0 aliphatic heterocycles. The van der Waals surface area contributed by atoms with E-state index >= 15 is 0 Å². The first-order chi connectivity index (χ1) is 7.89. The van der Waals surface area contributed by atoms with Crippen molar-refractivity contribution < 1.29 is 9.84 Å². The number of halogens is 1. The first-order valence-corrected chi connectivity index (χ1v) is 6.05. The molecule has 1 aromatic rings. The number of aliphatic hydroxyl groups is 1. The molecule has 0 aromatic carbocycles. The van der Waals surface area contributed by atoms with Crippen LogP contribution in [-0.2, 0) is 17.7 Å². The van der Waals surface area contributed by atoms with Crippen LogP contribution >= 0.6 is 15.9 Å². The van der Waals surface area contributed by atoms with Crippen molar-refractivity contribution in [2.24, 2.45) is 0 Å². The van der Waals surface area contributed by atoms with Gasteiger partial charge in [0.15, 0.2) is 5.69 Å². The van der Waals surface area contributed by atoms with Gasteiger partial charge in [0, 0.05) is 13.5 Å². The van der Waals surface area contributed by atoms with E-state index in [4.69, 9.17) is 10.00 Å². The third kappa shape index (κ3) is 3.80. The average molecular weight is 302 g/mol. The first-order valence-electron chi connectivity index (χ1n) is 5.25. The molecular weight excluding hydrogens is 286 g/mol. The maximum absolute atomic E-state index is 9.85. The van der Waals surface area contributed by atoms with Crippen LogP contribution in [0.5, 0.6) is 0 Å². The van der Waals surface area contributed by atoms with Crippen molar-refractivity contribution in [3.8, 4) is 6.07 Å². The largest absolute Gasteiger partial charge is 0.390 e. The lowest BCUT2D eigenvalue weighted by atomic mass is 10.0. The van der Waals surface area contributed by atoms with Crippen molar-refractivity contribution in [2.75, 3.05) is 13.7 Å². The van der Waals surface area contributed by atoms with Gasteiger partial charge in [0.2, 0.25) is 0 Å². The van der Waals surface area contributed by atoms with E-state index in [0.717, 1.165) is 5.69 Å². The average Bonchev–Trinajstić information content (AvgIpc) is 2.51. The van der Waals surface area contributed by atoms with Crippen LogP contribution in [0.3, 0.4) is 0 Å². The van der Waals surface area contributed by atoms with Crippen LogP contribution in [0.2, 0.25) is 0 Å². The second-order valence-corrected chi connectivity index (χ2v) is 5.22. The van der Waals surface area contributed by atoms with E-state index in [1.54, 1.807) is 25.6 Å². The second-order valence-electron chi connectivity index (χ2n) is 4.43. The Balaban J connectivity index is 3.06. The molecule has 1 aromatic heterocycles. The number of methoxy groups -OCH3 is 1. The molecule has 94 valence electrons. The lowest BCUT2D eigenvalue weighted by Gasteiger charge is -2.18. The van der Waals surface area contributed by atoms with E-state index in [9.17, 15) is 5.11 Å². The fourth-order valence-corrected chi connectivity index (χ4v) is 2.00. The topological polar surface area (TPSA) is 71.1 Å². The zero-order valence-corrected chi connectivity index (χ0v) is 11.8. The summed E-state index contributed by atoms with van der Waals surface area (Å²) in [4.78, 5) is 0. The molecule has 5 nitrogen and oxygen atoms in total. The van der Waals surface area contributed by atoms with Gasteiger partial charge in [-0.1, -0.05) is 0 Å². The molecule has 1 N–H and O–H groups in total. The van der Waals surface area contributed by atoms with E-state index in [0.29, 0.717) is 29.7 Å². The number of hydrogen-bond donors (Lipinski definition) is 1. The number of ether oxygens (including phenoxy) is 1. The van der Waals surface area contributed by atoms with E-state index in [1.165, 1.54) is 0 Å². The predicted molar refractivity (Wildman–Crippen MR) is 66.5 cm³/mol. The quantitative estimate of drug-likeness (QED) is 0.894. The molecule has 0 bridgehead atoms. The van der Waals surface area contributed by atoms with Gasteiger partial charge in [0.25, 0.3) is 0 Å². The smallest absolute Gasteiger partial charge is 0.176 e. The van der Waals surface area contributed by atoms with Gasteiger partial charge in [-0.2, -0.15) is 10.4 Å². The molecule has 1 heterocycles. The Hall–Kier alpha value is -0.900. The van der Waals surface area contributed by atoms with Crippen molar-refractivity contribution in [3.63, 3.8) is 0 Å². The van der Waals surface area contributed by atoms with Crippen molar-refractivity contribution in [1.29, 1.82) is 5.26 Å². The summed E-state index contributed by atoms with van der Waals surface area (Å²) < 4.78 is 7.34. The zero-order valence-electron chi connectivity index (χ0n) is 10.2. The SMILES string of the molecule is COCCn1nc(C#N)c(Br)c1CC(C)(C)O. The summed E-state index contributed by atoms with van der Waals surface area (Å²) in [6, 6.07) is 2.02. The molecule has 0 unspecified atom stereocenters. The summed E-state index contributed by atoms with van der Waals surface area (Å²) in [6.45, 7) is 4.51. The Morgan fingerprint density at radius 3 is 2.71 bits per heavy atom. The molecule has 6 heteroatoms. The highest BCUT2D eigenvalue weighted by Crippen LogP contribution is 2.25. The number of nitriles is 1. The van der Waals surface area contributed by atoms with E-state index in [-0.39, 0.29) is 0 Å². The summed E-state index contributed by atoms with van der Waals surface area (Å²) in [5, 5.41) is 22.9. The monoisotopic (exact) mass is 301 g/mol. The third-order valence-electron chi connectivity index (χ3n) is 2.21. The summed E-state index contributed by atoms with van der Waals surface area (Å²) in [5.41, 5.74) is 0.298. The van der Waals surface area contributed by atoms with Crippen LogP contribution in [0.25, 0.3) is 0 Å². The number of hydrogen-bond acceptors (Lipinski definition) is 4. The summed E-state index contributed by atoms with van der Waals surface area (Å²) >= 11 is 3.35. The van der Waals surface area contributed by atoms with Crippen molar-refractivity contribution in [2.45, 2.75) is 32.4 Å². The third-order valence-corrected chi connectivity index (χ3v) is 3.04. The molecule has 0 spiro atoms. The summed E-state index contributed by atoms with van der Waals surface area (Å²) in [6.07, 6.45) is 0.423. The van der Waals surface area contributed by atoms with E-state index in [1.807, 2.05) is 6.07 Å². The van der Waals surface area contributed by atoms with Gasteiger partial charge in [-0.3, -0.25) is 4.68 Å². The summed E-state index contributed by atoms with van der Waals surface area (Å²) in [5.74, 6) is 0. The van der Waals surface area contributed by atoms with E-state index in [2.05, 4.69) is 21.0 Å². The van der Waals surface area contributed by atoms with Crippen LogP contribution in [0, 0.1) is 11.3 Å². The fraction of sp³-hybridized carbons (Fsp3) is 0.636. The molecule has 0 saturated carbocycles. The van der Waals surface area contributed by atoms with Crippen molar-refractivity contribution >= 4 is 15.9 Å². The van der Waals surface area contributed by atoms with Crippen LogP contribution < -0.4 is 0 Å². The van der Waals surface area contributed by atoms with Gasteiger partial charge in [0.1, 0.15) is 6.07 Å². The maximum atomic E-state index is 9.85. The van der Waals surface area contributed by atoms with Crippen molar-refractivity contribution in [3.05, 3.63) is 15.9 Å². The van der Waals surface area contributed by atoms with Gasteiger partial charge in [-0.15, -0.1) is 0 Å². The minimum atomic E-state index is -0.847. The fourth-order valence-electron chi connectivity index (χ4n) is 1.49. The predicted octanol–water partition coefficient (Wildman–Crippen LogP) is 1.48. The Morgan fingerprint density at radius 2 is 2.24 bits per heavy atom. The van der Waals surface area contributed by atoms with Crippen LogP contribution in [0.1, 0.15) is 25.2 Å². The molecule has 0 aliphatic carbocycles. The number of aromatic nitrogens is 2. The van der Waals surface area contributed by atoms with Gasteiger partial charge in [-0.05, 0) is 29.8 Å².